The van der Waals surface area contributed by atoms with Crippen molar-refractivity contribution in [1.82, 2.24) is 0 Å². The van der Waals surface area contributed by atoms with Crippen LogP contribution >= 0.6 is 0 Å². The number of rotatable bonds is 3. The molecule has 0 spiro atoms. The lowest BCUT2D eigenvalue weighted by Crippen LogP contribution is -2.23. The molecule has 1 aromatic carbocycles. The lowest BCUT2D eigenvalue weighted by Gasteiger charge is -2.20. The maximum Gasteiger partial charge on any atom is 0.188 e. The van der Waals surface area contributed by atoms with Gasteiger partial charge in [0, 0.05) is 13.1 Å². The monoisotopic (exact) mass is 224 g/mol. The van der Waals surface area contributed by atoms with Gasteiger partial charge in [0.15, 0.2) is 11.6 Å². The fourth-order valence-corrected chi connectivity index (χ4v) is 2.14. The van der Waals surface area contributed by atoms with Crippen LogP contribution in [0.3, 0.4) is 0 Å². The molecule has 0 saturated carbocycles. The molecule has 0 aromatic heterocycles. The van der Waals surface area contributed by atoms with E-state index in [1.165, 1.54) is 7.11 Å². The molecule has 2 rings (SSSR count). The molecule has 1 fully saturated rings. The maximum atomic E-state index is 14.0. The number of benzene rings is 1. The van der Waals surface area contributed by atoms with Crippen molar-refractivity contribution in [3.8, 4) is 5.75 Å². The average Bonchev–Trinajstić information content (AvgIpc) is 2.78. The smallest absolute Gasteiger partial charge is 0.188 e. The quantitative estimate of drug-likeness (QED) is 0.848. The first-order chi connectivity index (χ1) is 7.76. The van der Waals surface area contributed by atoms with Crippen LogP contribution in [0, 0.1) is 11.7 Å². The van der Waals surface area contributed by atoms with Crippen LogP contribution in [0.5, 0.6) is 5.75 Å². The van der Waals surface area contributed by atoms with Gasteiger partial charge < -0.3 is 15.4 Å². The number of nitrogens with zero attached hydrogens (tertiary/aromatic N) is 1. The second kappa shape index (κ2) is 4.70. The van der Waals surface area contributed by atoms with E-state index in [1.807, 2.05) is 11.0 Å². The highest BCUT2D eigenvalue weighted by Crippen LogP contribution is 2.30. The highest BCUT2D eigenvalue weighted by atomic mass is 19.1. The van der Waals surface area contributed by atoms with E-state index in [9.17, 15) is 4.39 Å². The van der Waals surface area contributed by atoms with Crippen LogP contribution in [-0.2, 0) is 0 Å². The van der Waals surface area contributed by atoms with E-state index in [2.05, 4.69) is 0 Å². The van der Waals surface area contributed by atoms with Gasteiger partial charge in [0.25, 0.3) is 0 Å². The Balaban J connectivity index is 2.21. The van der Waals surface area contributed by atoms with E-state index in [1.54, 1.807) is 12.1 Å². The zero-order valence-corrected chi connectivity index (χ0v) is 9.45. The summed E-state index contributed by atoms with van der Waals surface area (Å²) in [5.41, 5.74) is 6.24. The van der Waals surface area contributed by atoms with Gasteiger partial charge in [-0.15, -0.1) is 0 Å². The number of hydrogen-bond acceptors (Lipinski definition) is 3. The van der Waals surface area contributed by atoms with Gasteiger partial charge in [0.2, 0.25) is 0 Å². The molecule has 1 aliphatic rings. The molecule has 2 N–H and O–H groups in total. The Hall–Kier alpha value is -1.29. The predicted octanol–water partition coefficient (Wildman–Crippen LogP) is 1.62. The average molecular weight is 224 g/mol. The van der Waals surface area contributed by atoms with Gasteiger partial charge in [-0.2, -0.15) is 0 Å². The normalized spacial score (nSPS) is 20.2. The van der Waals surface area contributed by atoms with Gasteiger partial charge in [0.1, 0.15) is 0 Å². The molecule has 4 heteroatoms. The summed E-state index contributed by atoms with van der Waals surface area (Å²) >= 11 is 0. The number of halogens is 1. The molecule has 0 amide bonds. The van der Waals surface area contributed by atoms with E-state index < -0.39 is 0 Å². The van der Waals surface area contributed by atoms with Crippen molar-refractivity contribution in [2.24, 2.45) is 11.7 Å². The Labute approximate surface area is 95.0 Å². The summed E-state index contributed by atoms with van der Waals surface area (Å²) in [5.74, 6) is 0.502. The first-order valence-corrected chi connectivity index (χ1v) is 5.53. The number of methoxy groups -OCH3 is 1. The summed E-state index contributed by atoms with van der Waals surface area (Å²) in [6, 6.07) is 5.24. The van der Waals surface area contributed by atoms with Gasteiger partial charge in [-0.3, -0.25) is 0 Å². The van der Waals surface area contributed by atoms with Crippen LogP contribution in [-0.4, -0.2) is 26.7 Å². The molecule has 0 radical (unpaired) electrons. The molecule has 88 valence electrons. The van der Waals surface area contributed by atoms with Gasteiger partial charge in [-0.05, 0) is 31.0 Å². The Morgan fingerprint density at radius 3 is 3.00 bits per heavy atom. The Morgan fingerprint density at radius 1 is 1.56 bits per heavy atom. The molecule has 1 heterocycles. The van der Waals surface area contributed by atoms with Crippen LogP contribution in [0.1, 0.15) is 6.42 Å². The zero-order valence-electron chi connectivity index (χ0n) is 9.45. The molecule has 1 saturated heterocycles. The Morgan fingerprint density at radius 2 is 2.38 bits per heavy atom. The maximum absolute atomic E-state index is 14.0. The van der Waals surface area contributed by atoms with Gasteiger partial charge in [0.05, 0.1) is 12.8 Å². The first-order valence-electron chi connectivity index (χ1n) is 5.53. The van der Waals surface area contributed by atoms with Crippen molar-refractivity contribution in [2.45, 2.75) is 6.42 Å². The van der Waals surface area contributed by atoms with Gasteiger partial charge in [-0.25, -0.2) is 4.39 Å². The Kier molecular flexibility index (Phi) is 3.29. The van der Waals surface area contributed by atoms with Crippen molar-refractivity contribution in [1.29, 1.82) is 0 Å². The minimum Gasteiger partial charge on any atom is -0.494 e. The fourth-order valence-electron chi connectivity index (χ4n) is 2.14. The lowest BCUT2D eigenvalue weighted by molar-refractivity contribution is 0.386. The minimum atomic E-state index is -0.275. The summed E-state index contributed by atoms with van der Waals surface area (Å²) in [6.07, 6.45) is 1.03. The van der Waals surface area contributed by atoms with E-state index in [0.717, 1.165) is 19.5 Å². The predicted molar refractivity (Wildman–Crippen MR) is 62.3 cm³/mol. The summed E-state index contributed by atoms with van der Waals surface area (Å²) in [7, 11) is 1.48. The molecular formula is C12H17FN2O. The summed E-state index contributed by atoms with van der Waals surface area (Å²) in [4.78, 5) is 2.04. The largest absolute Gasteiger partial charge is 0.494 e. The second-order valence-corrected chi connectivity index (χ2v) is 4.13. The Bertz CT molecular complexity index is 370. The molecule has 16 heavy (non-hydrogen) atoms. The summed E-state index contributed by atoms with van der Waals surface area (Å²) in [5, 5.41) is 0. The highest BCUT2D eigenvalue weighted by Gasteiger charge is 2.24. The number of hydrogen-bond donors (Lipinski definition) is 1. The third-order valence-electron chi connectivity index (χ3n) is 3.12. The van der Waals surface area contributed by atoms with Crippen LogP contribution in [0.15, 0.2) is 18.2 Å². The third-order valence-corrected chi connectivity index (χ3v) is 3.12. The molecule has 1 unspecified atom stereocenters. The molecule has 0 aliphatic carbocycles. The number of anilines is 1. The topological polar surface area (TPSA) is 38.5 Å². The zero-order chi connectivity index (χ0) is 11.5. The van der Waals surface area contributed by atoms with Crippen LogP contribution in [0.4, 0.5) is 10.1 Å². The fraction of sp³-hybridized carbons (Fsp3) is 0.500. The van der Waals surface area contributed by atoms with E-state index in [-0.39, 0.29) is 5.82 Å². The van der Waals surface area contributed by atoms with Crippen molar-refractivity contribution in [3.63, 3.8) is 0 Å². The molecule has 1 atom stereocenters. The van der Waals surface area contributed by atoms with Crippen molar-refractivity contribution in [3.05, 3.63) is 24.0 Å². The van der Waals surface area contributed by atoms with Crippen molar-refractivity contribution in [2.75, 3.05) is 31.6 Å². The number of ether oxygens (including phenoxy) is 1. The third kappa shape index (κ3) is 1.97. The van der Waals surface area contributed by atoms with Gasteiger partial charge in [-0.1, -0.05) is 6.07 Å². The van der Waals surface area contributed by atoms with Crippen LogP contribution in [0.2, 0.25) is 0 Å². The highest BCUT2D eigenvalue weighted by molar-refractivity contribution is 5.53. The van der Waals surface area contributed by atoms with Crippen LogP contribution < -0.4 is 15.4 Å². The van der Waals surface area contributed by atoms with E-state index >= 15 is 0 Å². The second-order valence-electron chi connectivity index (χ2n) is 4.13. The summed E-state index contributed by atoms with van der Waals surface area (Å²) in [6.45, 7) is 2.37. The SMILES string of the molecule is COc1cccc(N2CCC(CN)C2)c1F. The van der Waals surface area contributed by atoms with Crippen molar-refractivity contribution < 1.29 is 9.13 Å². The lowest BCUT2D eigenvalue weighted by atomic mass is 10.1. The molecule has 1 aromatic rings. The van der Waals surface area contributed by atoms with Crippen molar-refractivity contribution >= 4 is 5.69 Å². The summed E-state index contributed by atoms with van der Waals surface area (Å²) < 4.78 is 18.9. The number of nitrogens with two attached hydrogens (primary N) is 1. The molecule has 1 aliphatic heterocycles. The van der Waals surface area contributed by atoms with E-state index in [4.69, 9.17) is 10.5 Å². The van der Waals surface area contributed by atoms with E-state index in [0.29, 0.717) is 23.9 Å². The molecule has 3 nitrogen and oxygen atoms in total. The molecule has 0 bridgehead atoms. The molecular weight excluding hydrogens is 207 g/mol. The minimum absolute atomic E-state index is 0.275. The first kappa shape index (κ1) is 11.2. The standard InChI is InChI=1S/C12H17FN2O/c1-16-11-4-2-3-10(12(11)13)15-6-5-9(7-14)8-15/h2-4,9H,5-8,14H2,1H3. The van der Waals surface area contributed by atoms with Gasteiger partial charge >= 0.3 is 0 Å². The van der Waals surface area contributed by atoms with Crippen LogP contribution in [0.25, 0.3) is 0 Å².